The van der Waals surface area contributed by atoms with Gasteiger partial charge in [0, 0.05) is 22.9 Å². The molecule has 0 aliphatic carbocycles. The summed E-state index contributed by atoms with van der Waals surface area (Å²) in [4.78, 5) is 20.9. The van der Waals surface area contributed by atoms with Crippen molar-refractivity contribution in [3.8, 4) is 0 Å². The molecule has 3 aromatic carbocycles. The normalized spacial score (nSPS) is 11.0. The molecule has 176 valence electrons. The second kappa shape index (κ2) is 11.4. The summed E-state index contributed by atoms with van der Waals surface area (Å²) in [5.41, 5.74) is 4.86. The molecule has 1 amide bonds. The summed E-state index contributed by atoms with van der Waals surface area (Å²) < 4.78 is 31.4. The number of nitrogens with zero attached hydrogens (tertiary/aromatic N) is 1. The van der Waals surface area contributed by atoms with Gasteiger partial charge in [-0.1, -0.05) is 42.1 Å². The number of hydrogen-bond donors (Lipinski definition) is 2. The first kappa shape index (κ1) is 24.1. The van der Waals surface area contributed by atoms with E-state index in [0.717, 1.165) is 39.0 Å². The van der Waals surface area contributed by atoms with Crippen LogP contribution in [0.3, 0.4) is 0 Å². The van der Waals surface area contributed by atoms with Crippen molar-refractivity contribution < 1.29 is 18.3 Å². The highest BCUT2D eigenvalue weighted by molar-refractivity contribution is 7.99. The lowest BCUT2D eigenvalue weighted by molar-refractivity contribution is 0.152. The van der Waals surface area contributed by atoms with Gasteiger partial charge in [-0.15, -0.1) is 11.8 Å². The van der Waals surface area contributed by atoms with Crippen LogP contribution in [0.25, 0.3) is 11.0 Å². The minimum atomic E-state index is -0.947. The molecule has 0 bridgehead atoms. The average Bonchev–Trinajstić information content (AvgIpc) is 3.26. The molecule has 4 rings (SSSR count). The number of fused-ring (bicyclic) bond motifs is 1. The van der Waals surface area contributed by atoms with Gasteiger partial charge in [0.15, 0.2) is 16.8 Å². The Hall–Kier alpha value is -3.04. The van der Waals surface area contributed by atoms with Crippen LogP contribution in [-0.4, -0.2) is 28.4 Å². The summed E-state index contributed by atoms with van der Waals surface area (Å²) in [6, 6.07) is 17.6. The SMILES string of the molecule is Cc1c(CSc2nc3ccccc3[nH]2)cccc1SCCOC(=O)NCc1ccc(F)c(F)c1. The summed E-state index contributed by atoms with van der Waals surface area (Å²) in [6.45, 7) is 2.38. The van der Waals surface area contributed by atoms with Crippen molar-refractivity contribution in [3.05, 3.63) is 89.0 Å². The second-order valence-electron chi connectivity index (χ2n) is 7.47. The van der Waals surface area contributed by atoms with E-state index in [1.165, 1.54) is 17.2 Å². The fourth-order valence-electron chi connectivity index (χ4n) is 3.28. The van der Waals surface area contributed by atoms with Crippen molar-refractivity contribution in [2.24, 2.45) is 0 Å². The van der Waals surface area contributed by atoms with Crippen LogP contribution < -0.4 is 5.32 Å². The minimum Gasteiger partial charge on any atom is -0.449 e. The molecule has 5 nitrogen and oxygen atoms in total. The number of thioether (sulfide) groups is 2. The highest BCUT2D eigenvalue weighted by Gasteiger charge is 2.09. The highest BCUT2D eigenvalue weighted by Crippen LogP contribution is 2.29. The fourth-order valence-corrected chi connectivity index (χ4v) is 5.14. The zero-order chi connectivity index (χ0) is 23.9. The lowest BCUT2D eigenvalue weighted by atomic mass is 10.1. The van der Waals surface area contributed by atoms with Gasteiger partial charge in [-0.05, 0) is 53.9 Å². The Morgan fingerprint density at radius 1 is 1.06 bits per heavy atom. The van der Waals surface area contributed by atoms with Crippen molar-refractivity contribution in [2.45, 2.75) is 29.3 Å². The first-order valence-electron chi connectivity index (χ1n) is 10.6. The summed E-state index contributed by atoms with van der Waals surface area (Å²) in [5, 5.41) is 3.43. The van der Waals surface area contributed by atoms with Crippen molar-refractivity contribution in [3.63, 3.8) is 0 Å². The van der Waals surface area contributed by atoms with Crippen LogP contribution in [-0.2, 0) is 17.0 Å². The lowest BCUT2D eigenvalue weighted by Gasteiger charge is -2.11. The third kappa shape index (κ3) is 6.30. The Kier molecular flexibility index (Phi) is 8.08. The lowest BCUT2D eigenvalue weighted by Crippen LogP contribution is -2.24. The molecule has 9 heteroatoms. The number of benzene rings is 3. The number of amides is 1. The fraction of sp³-hybridized carbons (Fsp3) is 0.200. The monoisotopic (exact) mass is 499 g/mol. The number of alkyl carbamates (subject to hydrolysis) is 1. The van der Waals surface area contributed by atoms with Gasteiger partial charge in [0.25, 0.3) is 0 Å². The van der Waals surface area contributed by atoms with Gasteiger partial charge in [-0.25, -0.2) is 18.6 Å². The number of H-pyrrole nitrogens is 1. The van der Waals surface area contributed by atoms with Crippen molar-refractivity contribution in [1.29, 1.82) is 0 Å². The largest absolute Gasteiger partial charge is 0.449 e. The molecule has 0 unspecified atom stereocenters. The van der Waals surface area contributed by atoms with E-state index < -0.39 is 17.7 Å². The van der Waals surface area contributed by atoms with Gasteiger partial charge in [-0.3, -0.25) is 0 Å². The van der Waals surface area contributed by atoms with Crippen molar-refractivity contribution in [2.75, 3.05) is 12.4 Å². The second-order valence-corrected chi connectivity index (χ2v) is 9.58. The number of ether oxygens (including phenoxy) is 1. The highest BCUT2D eigenvalue weighted by atomic mass is 32.2. The number of imidazole rings is 1. The Morgan fingerprint density at radius 3 is 2.74 bits per heavy atom. The van der Waals surface area contributed by atoms with Gasteiger partial charge >= 0.3 is 6.09 Å². The van der Waals surface area contributed by atoms with Gasteiger partial charge in [-0.2, -0.15) is 0 Å². The smallest absolute Gasteiger partial charge is 0.407 e. The number of carbonyl (C=O) groups excluding carboxylic acids is 1. The molecule has 2 N–H and O–H groups in total. The molecular formula is C25H23F2N3O2S2. The van der Waals surface area contributed by atoms with E-state index in [9.17, 15) is 13.6 Å². The van der Waals surface area contributed by atoms with E-state index in [1.54, 1.807) is 23.5 Å². The maximum atomic E-state index is 13.2. The Bertz CT molecular complexity index is 1260. The average molecular weight is 500 g/mol. The molecular weight excluding hydrogens is 476 g/mol. The van der Waals surface area contributed by atoms with Crippen LogP contribution in [0.1, 0.15) is 16.7 Å². The van der Waals surface area contributed by atoms with Gasteiger partial charge in [0.05, 0.1) is 11.0 Å². The molecule has 0 aliphatic heterocycles. The molecule has 34 heavy (non-hydrogen) atoms. The van der Waals surface area contributed by atoms with Gasteiger partial charge < -0.3 is 15.0 Å². The number of nitrogens with one attached hydrogen (secondary N) is 2. The zero-order valence-electron chi connectivity index (χ0n) is 18.4. The molecule has 1 heterocycles. The van der Waals surface area contributed by atoms with E-state index in [-0.39, 0.29) is 13.2 Å². The number of hydrogen-bond acceptors (Lipinski definition) is 5. The van der Waals surface area contributed by atoms with E-state index in [2.05, 4.69) is 34.3 Å². The summed E-state index contributed by atoms with van der Waals surface area (Å²) >= 11 is 3.28. The Labute approximate surface area is 204 Å². The van der Waals surface area contributed by atoms with Crippen LogP contribution in [0.4, 0.5) is 13.6 Å². The number of halogens is 2. The summed E-state index contributed by atoms with van der Waals surface area (Å²) in [6.07, 6.45) is -0.599. The van der Waals surface area contributed by atoms with Crippen LogP contribution in [0.2, 0.25) is 0 Å². The Morgan fingerprint density at radius 2 is 1.91 bits per heavy atom. The van der Waals surface area contributed by atoms with Crippen molar-refractivity contribution in [1.82, 2.24) is 15.3 Å². The predicted molar refractivity (Wildman–Crippen MR) is 132 cm³/mol. The number of carbonyl (C=O) groups is 1. The van der Waals surface area contributed by atoms with Gasteiger partial charge in [0.1, 0.15) is 6.61 Å². The number of aromatic amines is 1. The summed E-state index contributed by atoms with van der Waals surface area (Å²) in [5.74, 6) is -0.476. The molecule has 0 radical (unpaired) electrons. The number of aromatic nitrogens is 2. The quantitative estimate of drug-likeness (QED) is 0.204. The molecule has 0 aliphatic rings. The molecule has 0 spiro atoms. The maximum Gasteiger partial charge on any atom is 0.407 e. The van der Waals surface area contributed by atoms with Gasteiger partial charge in [0.2, 0.25) is 0 Å². The first-order chi connectivity index (χ1) is 16.5. The molecule has 0 atom stereocenters. The maximum absolute atomic E-state index is 13.2. The zero-order valence-corrected chi connectivity index (χ0v) is 20.1. The third-order valence-electron chi connectivity index (χ3n) is 5.12. The summed E-state index contributed by atoms with van der Waals surface area (Å²) in [7, 11) is 0. The predicted octanol–water partition coefficient (Wildman–Crippen LogP) is 6.46. The Balaban J connectivity index is 1.22. The topological polar surface area (TPSA) is 67.0 Å². The van der Waals surface area contributed by atoms with E-state index in [0.29, 0.717) is 11.3 Å². The molecule has 4 aromatic rings. The molecule has 1 aromatic heterocycles. The van der Waals surface area contributed by atoms with E-state index in [4.69, 9.17) is 4.74 Å². The number of para-hydroxylation sites is 2. The third-order valence-corrected chi connectivity index (χ3v) is 7.17. The first-order valence-corrected chi connectivity index (χ1v) is 12.6. The number of rotatable bonds is 9. The van der Waals surface area contributed by atoms with E-state index in [1.807, 2.05) is 30.3 Å². The molecule has 0 fully saturated rings. The van der Waals surface area contributed by atoms with Crippen LogP contribution in [0.5, 0.6) is 0 Å². The molecule has 0 saturated heterocycles. The van der Waals surface area contributed by atoms with E-state index >= 15 is 0 Å². The minimum absolute atomic E-state index is 0.0627. The van der Waals surface area contributed by atoms with Crippen LogP contribution in [0.15, 0.2) is 70.7 Å². The van der Waals surface area contributed by atoms with Crippen LogP contribution >= 0.6 is 23.5 Å². The molecule has 0 saturated carbocycles. The van der Waals surface area contributed by atoms with Crippen molar-refractivity contribution >= 4 is 40.7 Å². The van der Waals surface area contributed by atoms with Crippen LogP contribution in [0, 0.1) is 18.6 Å². The standard InChI is InChI=1S/C25H23F2N3O2S2/c1-16-18(15-34-24-29-21-6-2-3-7-22(21)30-24)5-4-8-23(16)33-12-11-32-25(31)28-14-17-9-10-19(26)20(27)13-17/h2-10,13H,11-12,14-15H2,1H3,(H,28,31)(H,29,30).